The van der Waals surface area contributed by atoms with Gasteiger partial charge in [0.15, 0.2) is 0 Å². The molecule has 1 heterocycles. The van der Waals surface area contributed by atoms with Crippen LogP contribution in [0.5, 0.6) is 0 Å². The predicted octanol–water partition coefficient (Wildman–Crippen LogP) is 3.29. The molecule has 2 fully saturated rings. The van der Waals surface area contributed by atoms with Crippen molar-refractivity contribution in [1.29, 1.82) is 0 Å². The van der Waals surface area contributed by atoms with Gasteiger partial charge in [-0.2, -0.15) is 0 Å². The quantitative estimate of drug-likeness (QED) is 0.717. The van der Waals surface area contributed by atoms with E-state index >= 15 is 0 Å². The number of nitrogens with one attached hydrogen (secondary N) is 1. The lowest BCUT2D eigenvalue weighted by atomic mass is 10.0. The van der Waals surface area contributed by atoms with Gasteiger partial charge < -0.3 is 4.90 Å². The molecule has 110 valence electrons. The minimum atomic E-state index is 0.0947. The van der Waals surface area contributed by atoms with E-state index in [9.17, 15) is 4.79 Å². The van der Waals surface area contributed by atoms with Crippen LogP contribution in [-0.2, 0) is 4.79 Å². The minimum absolute atomic E-state index is 0.0947. The first-order valence-corrected chi connectivity index (χ1v) is 8.34. The van der Waals surface area contributed by atoms with Crippen LogP contribution in [-0.4, -0.2) is 29.6 Å². The molecular weight excluding hydrogens is 236 g/mol. The smallest absolute Gasteiger partial charge is 0.241 e. The van der Waals surface area contributed by atoms with Gasteiger partial charge in [0.05, 0.1) is 12.2 Å². The van der Waals surface area contributed by atoms with Crippen molar-refractivity contribution >= 4 is 5.91 Å². The van der Waals surface area contributed by atoms with E-state index in [1.807, 2.05) is 0 Å². The van der Waals surface area contributed by atoms with Gasteiger partial charge in [-0.1, -0.05) is 46.0 Å². The van der Waals surface area contributed by atoms with Gasteiger partial charge in [-0.3, -0.25) is 10.1 Å². The maximum atomic E-state index is 12.5. The summed E-state index contributed by atoms with van der Waals surface area (Å²) in [4.78, 5) is 14.7. The minimum Gasteiger partial charge on any atom is -0.326 e. The molecular formula is C16H30N2O. The van der Waals surface area contributed by atoms with Crippen molar-refractivity contribution in [2.45, 2.75) is 83.8 Å². The third-order valence-electron chi connectivity index (χ3n) is 4.72. The summed E-state index contributed by atoms with van der Waals surface area (Å²) in [6, 6.07) is 0.0947. The highest BCUT2D eigenvalue weighted by Crippen LogP contribution is 2.32. The number of unbranched alkanes of at least 4 members (excludes halogenated alkanes) is 2. The van der Waals surface area contributed by atoms with Crippen LogP contribution in [0.15, 0.2) is 0 Å². The maximum Gasteiger partial charge on any atom is 0.241 e. The zero-order valence-corrected chi connectivity index (χ0v) is 12.7. The van der Waals surface area contributed by atoms with Gasteiger partial charge in [0.2, 0.25) is 5.91 Å². The Morgan fingerprint density at radius 1 is 1.16 bits per heavy atom. The SMILES string of the molecule is CCCCCN1C(=O)C(CCC)NC1C1CCCC1. The topological polar surface area (TPSA) is 32.3 Å². The maximum absolute atomic E-state index is 12.5. The third-order valence-corrected chi connectivity index (χ3v) is 4.72. The number of carbonyl (C=O) groups excluding carboxylic acids is 1. The predicted molar refractivity (Wildman–Crippen MR) is 78.8 cm³/mol. The normalized spacial score (nSPS) is 28.5. The Bertz CT molecular complexity index is 286. The molecule has 1 saturated heterocycles. The molecule has 1 amide bonds. The van der Waals surface area contributed by atoms with Crippen LogP contribution in [0, 0.1) is 5.92 Å². The highest BCUT2D eigenvalue weighted by Gasteiger charge is 2.42. The summed E-state index contributed by atoms with van der Waals surface area (Å²) in [5, 5.41) is 3.64. The number of hydrogen-bond donors (Lipinski definition) is 1. The lowest BCUT2D eigenvalue weighted by Gasteiger charge is -2.29. The number of amides is 1. The average molecular weight is 266 g/mol. The van der Waals surface area contributed by atoms with E-state index in [0.717, 1.165) is 25.8 Å². The second-order valence-electron chi connectivity index (χ2n) is 6.24. The molecule has 3 nitrogen and oxygen atoms in total. The molecule has 2 unspecified atom stereocenters. The molecule has 3 heteroatoms. The Labute approximate surface area is 118 Å². The zero-order valence-electron chi connectivity index (χ0n) is 12.7. The van der Waals surface area contributed by atoms with Gasteiger partial charge in [0.25, 0.3) is 0 Å². The van der Waals surface area contributed by atoms with E-state index in [2.05, 4.69) is 24.1 Å². The summed E-state index contributed by atoms with van der Waals surface area (Å²) in [5.74, 6) is 1.07. The monoisotopic (exact) mass is 266 g/mol. The summed E-state index contributed by atoms with van der Waals surface area (Å²) in [7, 11) is 0. The van der Waals surface area contributed by atoms with Crippen LogP contribution in [0.1, 0.15) is 71.6 Å². The van der Waals surface area contributed by atoms with Gasteiger partial charge in [-0.25, -0.2) is 0 Å². The molecule has 2 atom stereocenters. The summed E-state index contributed by atoms with van der Waals surface area (Å²) in [6.07, 6.45) is 11.3. The molecule has 0 aromatic carbocycles. The Hall–Kier alpha value is -0.570. The van der Waals surface area contributed by atoms with Crippen molar-refractivity contribution in [1.82, 2.24) is 10.2 Å². The summed E-state index contributed by atoms with van der Waals surface area (Å²) >= 11 is 0. The Kier molecular flexibility index (Phi) is 5.68. The summed E-state index contributed by atoms with van der Waals surface area (Å²) < 4.78 is 0. The molecule has 1 saturated carbocycles. The number of rotatable bonds is 7. The first kappa shape index (κ1) is 14.8. The average Bonchev–Trinajstić information content (AvgIpc) is 3.02. The van der Waals surface area contributed by atoms with Crippen LogP contribution >= 0.6 is 0 Å². The molecule has 0 aromatic rings. The highest BCUT2D eigenvalue weighted by molar-refractivity contribution is 5.84. The molecule has 0 radical (unpaired) electrons. The first-order valence-electron chi connectivity index (χ1n) is 8.34. The lowest BCUT2D eigenvalue weighted by molar-refractivity contribution is -0.130. The molecule has 0 aromatic heterocycles. The fourth-order valence-corrected chi connectivity index (χ4v) is 3.65. The molecule has 0 bridgehead atoms. The Balaban J connectivity index is 1.97. The van der Waals surface area contributed by atoms with Crippen molar-refractivity contribution in [2.75, 3.05) is 6.54 Å². The summed E-state index contributed by atoms with van der Waals surface area (Å²) in [5.41, 5.74) is 0. The van der Waals surface area contributed by atoms with Crippen LogP contribution in [0.3, 0.4) is 0 Å². The van der Waals surface area contributed by atoms with E-state index in [1.165, 1.54) is 38.5 Å². The molecule has 2 aliphatic rings. The molecule has 1 aliphatic heterocycles. The van der Waals surface area contributed by atoms with E-state index in [0.29, 0.717) is 18.0 Å². The third kappa shape index (κ3) is 3.50. The molecule has 19 heavy (non-hydrogen) atoms. The van der Waals surface area contributed by atoms with Gasteiger partial charge in [-0.05, 0) is 31.6 Å². The summed E-state index contributed by atoms with van der Waals surface area (Å²) in [6.45, 7) is 5.35. The van der Waals surface area contributed by atoms with Gasteiger partial charge in [0, 0.05) is 6.54 Å². The first-order chi connectivity index (χ1) is 9.27. The standard InChI is InChI=1S/C16H30N2O/c1-3-5-8-12-18-15(13-10-6-7-11-13)17-14(9-4-2)16(18)19/h13-15,17H,3-12H2,1-2H3. The molecule has 1 N–H and O–H groups in total. The van der Waals surface area contributed by atoms with Crippen LogP contribution < -0.4 is 5.32 Å². The Morgan fingerprint density at radius 2 is 1.89 bits per heavy atom. The van der Waals surface area contributed by atoms with Crippen LogP contribution in [0.2, 0.25) is 0 Å². The molecule has 1 aliphatic carbocycles. The van der Waals surface area contributed by atoms with Crippen LogP contribution in [0.25, 0.3) is 0 Å². The van der Waals surface area contributed by atoms with Crippen molar-refractivity contribution in [3.05, 3.63) is 0 Å². The van der Waals surface area contributed by atoms with E-state index < -0.39 is 0 Å². The molecule has 0 spiro atoms. The fraction of sp³-hybridized carbons (Fsp3) is 0.938. The van der Waals surface area contributed by atoms with Crippen molar-refractivity contribution < 1.29 is 4.79 Å². The van der Waals surface area contributed by atoms with Gasteiger partial charge >= 0.3 is 0 Å². The second-order valence-corrected chi connectivity index (χ2v) is 6.24. The van der Waals surface area contributed by atoms with Crippen LogP contribution in [0.4, 0.5) is 0 Å². The van der Waals surface area contributed by atoms with Crippen molar-refractivity contribution in [3.63, 3.8) is 0 Å². The zero-order chi connectivity index (χ0) is 13.7. The number of nitrogens with zero attached hydrogens (tertiary/aromatic N) is 1. The highest BCUT2D eigenvalue weighted by atomic mass is 16.2. The van der Waals surface area contributed by atoms with E-state index in [4.69, 9.17) is 0 Å². The number of hydrogen-bond acceptors (Lipinski definition) is 2. The van der Waals surface area contributed by atoms with E-state index in [-0.39, 0.29) is 6.04 Å². The van der Waals surface area contributed by atoms with E-state index in [1.54, 1.807) is 0 Å². The fourth-order valence-electron chi connectivity index (χ4n) is 3.65. The van der Waals surface area contributed by atoms with Gasteiger partial charge in [-0.15, -0.1) is 0 Å². The molecule has 2 rings (SSSR count). The van der Waals surface area contributed by atoms with Gasteiger partial charge in [0.1, 0.15) is 0 Å². The lowest BCUT2D eigenvalue weighted by Crippen LogP contribution is -2.43. The number of carbonyl (C=O) groups is 1. The van der Waals surface area contributed by atoms with Crippen molar-refractivity contribution in [2.24, 2.45) is 5.92 Å². The largest absolute Gasteiger partial charge is 0.326 e. The Morgan fingerprint density at radius 3 is 2.53 bits per heavy atom. The van der Waals surface area contributed by atoms with Crippen molar-refractivity contribution in [3.8, 4) is 0 Å². The second kappa shape index (κ2) is 7.28.